The zero-order valence-electron chi connectivity index (χ0n) is 12.0. The van der Waals surface area contributed by atoms with E-state index in [4.69, 9.17) is 0 Å². The number of phenolic OH excluding ortho intramolecular Hbond substituents is 1. The summed E-state index contributed by atoms with van der Waals surface area (Å²) in [6.45, 7) is 3.16. The summed E-state index contributed by atoms with van der Waals surface area (Å²) in [6.07, 6.45) is 1.55. The van der Waals surface area contributed by atoms with Gasteiger partial charge in [0.05, 0.1) is 11.1 Å². The lowest BCUT2D eigenvalue weighted by atomic mass is 9.97. The number of benzene rings is 2. The lowest BCUT2D eigenvalue weighted by Gasteiger charge is -2.07. The highest BCUT2D eigenvalue weighted by Gasteiger charge is 2.19. The van der Waals surface area contributed by atoms with Gasteiger partial charge in [0.2, 0.25) is 0 Å². The van der Waals surface area contributed by atoms with Crippen molar-refractivity contribution in [3.63, 3.8) is 0 Å². The van der Waals surface area contributed by atoms with Crippen molar-refractivity contribution < 1.29 is 14.7 Å². The SMILES string of the molecule is CC(=O)/C(=C/c1ccccc1)C(=O)c1ccc(C)cc1O. The third-order valence-electron chi connectivity index (χ3n) is 3.13. The van der Waals surface area contributed by atoms with Crippen molar-refractivity contribution in [2.75, 3.05) is 0 Å². The van der Waals surface area contributed by atoms with Crippen LogP contribution < -0.4 is 0 Å². The normalized spacial score (nSPS) is 11.2. The molecule has 2 aromatic carbocycles. The fourth-order valence-electron chi connectivity index (χ4n) is 2.02. The van der Waals surface area contributed by atoms with Gasteiger partial charge >= 0.3 is 0 Å². The van der Waals surface area contributed by atoms with Crippen molar-refractivity contribution in [1.82, 2.24) is 0 Å². The molecular weight excluding hydrogens is 264 g/mol. The molecule has 1 N–H and O–H groups in total. The van der Waals surface area contributed by atoms with Crippen molar-refractivity contribution >= 4 is 17.6 Å². The Labute approximate surface area is 123 Å². The van der Waals surface area contributed by atoms with Gasteiger partial charge in [-0.05, 0) is 43.2 Å². The predicted octanol–water partition coefficient (Wildman–Crippen LogP) is 3.56. The summed E-state index contributed by atoms with van der Waals surface area (Å²) in [5.41, 5.74) is 1.81. The van der Waals surface area contributed by atoms with Crippen LogP contribution in [-0.4, -0.2) is 16.7 Å². The maximum absolute atomic E-state index is 12.5. The van der Waals surface area contributed by atoms with Crippen LogP contribution in [0, 0.1) is 6.92 Å². The van der Waals surface area contributed by atoms with Gasteiger partial charge < -0.3 is 5.11 Å². The minimum Gasteiger partial charge on any atom is -0.507 e. The number of aromatic hydroxyl groups is 1. The highest BCUT2D eigenvalue weighted by atomic mass is 16.3. The standard InChI is InChI=1S/C18H16O3/c1-12-8-9-15(17(20)10-12)18(21)16(13(2)19)11-14-6-4-3-5-7-14/h3-11,20H,1-2H3/b16-11-. The second kappa shape index (κ2) is 6.18. The van der Waals surface area contributed by atoms with Gasteiger partial charge in [0, 0.05) is 0 Å². The number of hydrogen-bond acceptors (Lipinski definition) is 3. The molecule has 0 saturated carbocycles. The molecule has 0 radical (unpaired) electrons. The van der Waals surface area contributed by atoms with Crippen LogP contribution in [0.25, 0.3) is 6.08 Å². The lowest BCUT2D eigenvalue weighted by molar-refractivity contribution is -0.113. The van der Waals surface area contributed by atoms with E-state index in [1.807, 2.05) is 37.3 Å². The van der Waals surface area contributed by atoms with E-state index >= 15 is 0 Å². The molecule has 0 aromatic heterocycles. The van der Waals surface area contributed by atoms with Gasteiger partial charge in [-0.15, -0.1) is 0 Å². The van der Waals surface area contributed by atoms with E-state index in [9.17, 15) is 14.7 Å². The molecule has 0 amide bonds. The van der Waals surface area contributed by atoms with E-state index in [0.717, 1.165) is 11.1 Å². The summed E-state index contributed by atoms with van der Waals surface area (Å²) in [5.74, 6) is -0.909. The van der Waals surface area contributed by atoms with E-state index in [0.29, 0.717) is 0 Å². The van der Waals surface area contributed by atoms with E-state index in [1.165, 1.54) is 19.1 Å². The van der Waals surface area contributed by atoms with Crippen LogP contribution >= 0.6 is 0 Å². The first-order valence-electron chi connectivity index (χ1n) is 6.61. The fourth-order valence-corrected chi connectivity index (χ4v) is 2.02. The minimum absolute atomic E-state index is 0.0559. The summed E-state index contributed by atoms with van der Waals surface area (Å²) in [6, 6.07) is 13.9. The zero-order chi connectivity index (χ0) is 15.4. The van der Waals surface area contributed by atoms with Gasteiger partial charge in [0.15, 0.2) is 11.6 Å². The van der Waals surface area contributed by atoms with Gasteiger partial charge in [0.1, 0.15) is 5.75 Å². The Morgan fingerprint density at radius 2 is 1.71 bits per heavy atom. The number of phenols is 1. The van der Waals surface area contributed by atoms with E-state index in [2.05, 4.69) is 0 Å². The second-order valence-corrected chi connectivity index (χ2v) is 4.87. The first kappa shape index (κ1) is 14.7. The van der Waals surface area contributed by atoms with Crippen LogP contribution in [0.15, 0.2) is 54.1 Å². The smallest absolute Gasteiger partial charge is 0.200 e. The van der Waals surface area contributed by atoms with Crippen molar-refractivity contribution in [3.8, 4) is 5.75 Å². The van der Waals surface area contributed by atoms with E-state index in [1.54, 1.807) is 12.1 Å². The topological polar surface area (TPSA) is 54.4 Å². The van der Waals surface area contributed by atoms with Crippen LogP contribution in [0.5, 0.6) is 5.75 Å². The van der Waals surface area contributed by atoms with Crippen LogP contribution in [0.1, 0.15) is 28.4 Å². The molecule has 0 heterocycles. The fraction of sp³-hybridized carbons (Fsp3) is 0.111. The number of aryl methyl sites for hydroxylation is 1. The first-order chi connectivity index (χ1) is 9.99. The summed E-state index contributed by atoms with van der Waals surface area (Å²) in [7, 11) is 0. The van der Waals surface area contributed by atoms with Crippen LogP contribution in [0.2, 0.25) is 0 Å². The molecule has 0 fully saturated rings. The Kier molecular flexibility index (Phi) is 4.33. The van der Waals surface area contributed by atoms with Crippen LogP contribution in [-0.2, 0) is 4.79 Å². The summed E-state index contributed by atoms with van der Waals surface area (Å²) in [4.78, 5) is 24.2. The number of rotatable bonds is 4. The molecular formula is C18H16O3. The molecule has 0 saturated heterocycles. The third-order valence-corrected chi connectivity index (χ3v) is 3.13. The van der Waals surface area contributed by atoms with Crippen molar-refractivity contribution in [1.29, 1.82) is 0 Å². The molecule has 0 aliphatic rings. The van der Waals surface area contributed by atoms with Gasteiger partial charge in [0.25, 0.3) is 0 Å². The Hall–Kier alpha value is -2.68. The van der Waals surface area contributed by atoms with Gasteiger partial charge in [-0.3, -0.25) is 9.59 Å². The first-order valence-corrected chi connectivity index (χ1v) is 6.61. The third kappa shape index (κ3) is 3.45. The summed E-state index contributed by atoms with van der Waals surface area (Å²) in [5, 5.41) is 9.90. The molecule has 2 aromatic rings. The average Bonchev–Trinajstić information content (AvgIpc) is 2.45. The number of allylic oxidation sites excluding steroid dienone is 1. The number of ketones is 2. The van der Waals surface area contributed by atoms with Gasteiger partial charge in [-0.25, -0.2) is 0 Å². The molecule has 0 aliphatic heterocycles. The highest BCUT2D eigenvalue weighted by molar-refractivity contribution is 6.29. The molecule has 106 valence electrons. The average molecular weight is 280 g/mol. The number of hydrogen-bond donors (Lipinski definition) is 1. The predicted molar refractivity (Wildman–Crippen MR) is 82.3 cm³/mol. The monoisotopic (exact) mass is 280 g/mol. The molecule has 3 nitrogen and oxygen atoms in total. The zero-order valence-corrected chi connectivity index (χ0v) is 12.0. The lowest BCUT2D eigenvalue weighted by Crippen LogP contribution is -2.10. The molecule has 3 heteroatoms. The number of carbonyl (C=O) groups excluding carboxylic acids is 2. The largest absolute Gasteiger partial charge is 0.507 e. The molecule has 0 atom stereocenters. The molecule has 0 aliphatic carbocycles. The maximum Gasteiger partial charge on any atom is 0.200 e. The van der Waals surface area contributed by atoms with Crippen LogP contribution in [0.4, 0.5) is 0 Å². The Morgan fingerprint density at radius 3 is 2.29 bits per heavy atom. The maximum atomic E-state index is 12.5. The Morgan fingerprint density at radius 1 is 1.05 bits per heavy atom. The second-order valence-electron chi connectivity index (χ2n) is 4.87. The molecule has 0 bridgehead atoms. The highest BCUT2D eigenvalue weighted by Crippen LogP contribution is 2.23. The van der Waals surface area contributed by atoms with Gasteiger partial charge in [-0.2, -0.15) is 0 Å². The van der Waals surface area contributed by atoms with Crippen molar-refractivity contribution in [3.05, 3.63) is 70.8 Å². The molecule has 0 spiro atoms. The van der Waals surface area contributed by atoms with Crippen LogP contribution in [0.3, 0.4) is 0 Å². The Balaban J connectivity index is 2.46. The number of carbonyl (C=O) groups is 2. The molecule has 0 unspecified atom stereocenters. The van der Waals surface area contributed by atoms with Crippen molar-refractivity contribution in [2.24, 2.45) is 0 Å². The number of Topliss-reactive ketones (excluding diaryl/α,β-unsaturated/α-hetero) is 2. The molecule has 21 heavy (non-hydrogen) atoms. The summed E-state index contributed by atoms with van der Waals surface area (Å²) < 4.78 is 0. The quantitative estimate of drug-likeness (QED) is 0.403. The summed E-state index contributed by atoms with van der Waals surface area (Å²) >= 11 is 0. The minimum atomic E-state index is -0.469. The molecule has 2 rings (SSSR count). The van der Waals surface area contributed by atoms with Crippen molar-refractivity contribution in [2.45, 2.75) is 13.8 Å². The van der Waals surface area contributed by atoms with E-state index < -0.39 is 5.78 Å². The Bertz CT molecular complexity index is 712. The van der Waals surface area contributed by atoms with Gasteiger partial charge in [-0.1, -0.05) is 36.4 Å². The van der Waals surface area contributed by atoms with E-state index in [-0.39, 0.29) is 22.7 Å².